The quantitative estimate of drug-likeness (QED) is 0.267. The van der Waals surface area contributed by atoms with Crippen LogP contribution >= 0.6 is 0 Å². The highest BCUT2D eigenvalue weighted by atomic mass is 16.5. The Kier molecular flexibility index (Phi) is 9.36. The Morgan fingerprint density at radius 1 is 0.972 bits per heavy atom. The highest BCUT2D eigenvalue weighted by Gasteiger charge is 2.46. The monoisotopic (exact) mass is 496 g/mol. The number of carbonyl (C=O) groups is 2. The predicted molar refractivity (Wildman–Crippen MR) is 139 cm³/mol. The molecule has 1 saturated heterocycles. The van der Waals surface area contributed by atoms with E-state index in [4.69, 9.17) is 14.2 Å². The molecule has 0 bridgehead atoms. The Balaban J connectivity index is 2.08. The maximum Gasteiger partial charge on any atom is 0.295 e. The fourth-order valence-electron chi connectivity index (χ4n) is 4.50. The number of hydrogen-bond acceptors (Lipinski definition) is 7. The molecule has 1 fully saturated rings. The zero-order valence-electron chi connectivity index (χ0n) is 21.7. The first-order chi connectivity index (χ1) is 17.4. The van der Waals surface area contributed by atoms with Gasteiger partial charge in [0.15, 0.2) is 11.5 Å². The van der Waals surface area contributed by atoms with E-state index in [2.05, 4.69) is 18.7 Å². The number of hydrogen-bond donors (Lipinski definition) is 1. The molecule has 8 heteroatoms. The number of ketones is 1. The van der Waals surface area contributed by atoms with Crippen molar-refractivity contribution in [1.29, 1.82) is 0 Å². The molecule has 2 aromatic rings. The summed E-state index contributed by atoms with van der Waals surface area (Å²) >= 11 is 0. The average molecular weight is 497 g/mol. The number of Topliss-reactive ketones (excluding diaryl/α,β-unsaturated/α-hetero) is 1. The minimum Gasteiger partial charge on any atom is -0.507 e. The van der Waals surface area contributed by atoms with Crippen molar-refractivity contribution < 1.29 is 28.9 Å². The summed E-state index contributed by atoms with van der Waals surface area (Å²) < 4.78 is 16.4. The molecule has 8 nitrogen and oxygen atoms in total. The maximum absolute atomic E-state index is 13.3. The molecule has 1 amide bonds. The van der Waals surface area contributed by atoms with Gasteiger partial charge >= 0.3 is 0 Å². The lowest BCUT2D eigenvalue weighted by Gasteiger charge is -2.27. The third-order valence-electron chi connectivity index (χ3n) is 6.47. The summed E-state index contributed by atoms with van der Waals surface area (Å²) in [6.45, 7) is 9.53. The number of aliphatic hydroxyl groups is 1. The molecule has 1 aliphatic rings. The van der Waals surface area contributed by atoms with Crippen LogP contribution in [-0.2, 0) is 9.59 Å². The molecule has 0 radical (unpaired) electrons. The van der Waals surface area contributed by atoms with E-state index in [-0.39, 0.29) is 11.3 Å². The van der Waals surface area contributed by atoms with E-state index in [1.165, 1.54) is 0 Å². The lowest BCUT2D eigenvalue weighted by molar-refractivity contribution is -0.140. The average Bonchev–Trinajstić information content (AvgIpc) is 3.16. The first-order valence-corrected chi connectivity index (χ1v) is 12.4. The Bertz CT molecular complexity index is 1090. The second-order valence-corrected chi connectivity index (χ2v) is 8.44. The molecule has 1 N–H and O–H groups in total. The first kappa shape index (κ1) is 27.1. The van der Waals surface area contributed by atoms with E-state index in [1.54, 1.807) is 55.5 Å². The topological polar surface area (TPSA) is 88.5 Å². The smallest absolute Gasteiger partial charge is 0.295 e. The van der Waals surface area contributed by atoms with Gasteiger partial charge < -0.3 is 29.1 Å². The van der Waals surface area contributed by atoms with Crippen molar-refractivity contribution in [3.63, 3.8) is 0 Å². The van der Waals surface area contributed by atoms with Crippen molar-refractivity contribution in [2.24, 2.45) is 0 Å². The molecule has 0 spiro atoms. The van der Waals surface area contributed by atoms with Crippen LogP contribution in [0.15, 0.2) is 48.0 Å². The largest absolute Gasteiger partial charge is 0.507 e. The van der Waals surface area contributed by atoms with Gasteiger partial charge in [-0.2, -0.15) is 0 Å². The number of amides is 1. The van der Waals surface area contributed by atoms with Crippen molar-refractivity contribution in [2.45, 2.75) is 33.2 Å². The summed E-state index contributed by atoms with van der Waals surface area (Å²) in [4.78, 5) is 30.3. The van der Waals surface area contributed by atoms with Crippen LogP contribution in [0.2, 0.25) is 0 Å². The van der Waals surface area contributed by atoms with E-state index in [9.17, 15) is 14.7 Å². The Morgan fingerprint density at radius 2 is 1.67 bits per heavy atom. The second-order valence-electron chi connectivity index (χ2n) is 8.44. The van der Waals surface area contributed by atoms with Gasteiger partial charge in [-0.25, -0.2) is 0 Å². The van der Waals surface area contributed by atoms with Gasteiger partial charge in [0.2, 0.25) is 0 Å². The van der Waals surface area contributed by atoms with Crippen LogP contribution in [0.1, 0.15) is 44.4 Å². The summed E-state index contributed by atoms with van der Waals surface area (Å²) in [6, 6.07) is 11.3. The van der Waals surface area contributed by atoms with Crippen LogP contribution in [0.4, 0.5) is 0 Å². The fourth-order valence-corrected chi connectivity index (χ4v) is 4.50. The Morgan fingerprint density at radius 3 is 2.25 bits per heavy atom. The molecular formula is C28H36N2O6. The lowest BCUT2D eigenvalue weighted by Crippen LogP contribution is -2.33. The van der Waals surface area contributed by atoms with Gasteiger partial charge in [0.25, 0.3) is 11.7 Å². The first-order valence-electron chi connectivity index (χ1n) is 12.4. The standard InChI is InChI=1S/C28H36N2O6/c1-6-29(7-2)16-9-17-30-25(20-12-15-22(36-8-3)23(18-20)35-5)24(27(32)28(30)33)26(31)19-10-13-21(34-4)14-11-19/h10-15,18,25,31H,6-9,16-17H2,1-5H3/b26-24+/t25-/m1/s1. The summed E-state index contributed by atoms with van der Waals surface area (Å²) in [6.07, 6.45) is 0.696. The van der Waals surface area contributed by atoms with Gasteiger partial charge in [-0.3, -0.25) is 9.59 Å². The number of carbonyl (C=O) groups excluding carboxylic acids is 2. The minimum atomic E-state index is -0.756. The van der Waals surface area contributed by atoms with Gasteiger partial charge in [-0.15, -0.1) is 0 Å². The molecule has 1 heterocycles. The van der Waals surface area contributed by atoms with Gasteiger partial charge in [-0.05, 0) is 74.9 Å². The molecule has 194 valence electrons. The highest BCUT2D eigenvalue weighted by molar-refractivity contribution is 6.46. The van der Waals surface area contributed by atoms with Crippen LogP contribution in [0.25, 0.3) is 5.76 Å². The zero-order valence-corrected chi connectivity index (χ0v) is 21.7. The van der Waals surface area contributed by atoms with E-state index in [0.29, 0.717) is 47.9 Å². The van der Waals surface area contributed by atoms with Crippen molar-refractivity contribution in [1.82, 2.24) is 9.80 Å². The second kappa shape index (κ2) is 12.4. The molecule has 0 aliphatic carbocycles. The van der Waals surface area contributed by atoms with Crippen LogP contribution in [0.5, 0.6) is 17.2 Å². The zero-order chi connectivity index (χ0) is 26.2. The number of aliphatic hydroxyl groups excluding tert-OH is 1. The third kappa shape index (κ3) is 5.65. The van der Waals surface area contributed by atoms with Gasteiger partial charge in [-0.1, -0.05) is 19.9 Å². The normalized spacial score (nSPS) is 17.1. The van der Waals surface area contributed by atoms with Gasteiger partial charge in [0.1, 0.15) is 11.5 Å². The third-order valence-corrected chi connectivity index (χ3v) is 6.47. The van der Waals surface area contributed by atoms with Crippen LogP contribution in [0.3, 0.4) is 0 Å². The number of methoxy groups -OCH3 is 2. The predicted octanol–water partition coefficient (Wildman–Crippen LogP) is 4.26. The molecule has 2 aromatic carbocycles. The minimum absolute atomic E-state index is 0.0548. The maximum atomic E-state index is 13.3. The number of ether oxygens (including phenoxy) is 3. The van der Waals surface area contributed by atoms with E-state index in [1.807, 2.05) is 13.0 Å². The molecule has 1 aliphatic heterocycles. The summed E-state index contributed by atoms with van der Waals surface area (Å²) in [7, 11) is 3.10. The highest BCUT2D eigenvalue weighted by Crippen LogP contribution is 2.42. The summed E-state index contributed by atoms with van der Waals surface area (Å²) in [5.41, 5.74) is 1.14. The number of benzene rings is 2. The summed E-state index contributed by atoms with van der Waals surface area (Å²) in [5, 5.41) is 11.3. The summed E-state index contributed by atoms with van der Waals surface area (Å²) in [5.74, 6) is 0.132. The van der Waals surface area contributed by atoms with Crippen molar-refractivity contribution in [3.8, 4) is 17.2 Å². The van der Waals surface area contributed by atoms with Crippen molar-refractivity contribution >= 4 is 17.4 Å². The Labute approximate surface area is 213 Å². The van der Waals surface area contributed by atoms with E-state index in [0.717, 1.165) is 19.6 Å². The SMILES string of the molecule is CCOc1ccc([C@@H]2/C(=C(\O)c3ccc(OC)cc3)C(=O)C(=O)N2CCCN(CC)CC)cc1OC. The fraction of sp³-hybridized carbons (Fsp3) is 0.429. The molecule has 0 saturated carbocycles. The molecule has 0 aromatic heterocycles. The van der Waals surface area contributed by atoms with Gasteiger partial charge in [0.05, 0.1) is 32.4 Å². The molecule has 36 heavy (non-hydrogen) atoms. The number of rotatable bonds is 12. The molecular weight excluding hydrogens is 460 g/mol. The van der Waals surface area contributed by atoms with Crippen molar-refractivity contribution in [2.75, 3.05) is 47.0 Å². The molecule has 3 rings (SSSR count). The van der Waals surface area contributed by atoms with Gasteiger partial charge in [0, 0.05) is 12.1 Å². The Hall–Kier alpha value is -3.52. The lowest BCUT2D eigenvalue weighted by atomic mass is 9.95. The van der Waals surface area contributed by atoms with Crippen LogP contribution in [0, 0.1) is 0 Å². The van der Waals surface area contributed by atoms with Crippen molar-refractivity contribution in [3.05, 3.63) is 59.2 Å². The molecule has 1 atom stereocenters. The number of nitrogens with zero attached hydrogens (tertiary/aromatic N) is 2. The van der Waals surface area contributed by atoms with Crippen LogP contribution < -0.4 is 14.2 Å². The van der Waals surface area contributed by atoms with Crippen LogP contribution in [-0.4, -0.2) is 73.6 Å². The number of likely N-dealkylation sites (tertiary alicyclic amines) is 1. The van der Waals surface area contributed by atoms with E-state index >= 15 is 0 Å². The van der Waals surface area contributed by atoms with E-state index < -0.39 is 17.7 Å². The molecule has 0 unspecified atom stereocenters.